The predicted octanol–water partition coefficient (Wildman–Crippen LogP) is 2.41. The number of benzene rings is 1. The fourth-order valence-electron chi connectivity index (χ4n) is 1.58. The van der Waals surface area contributed by atoms with E-state index in [0.717, 1.165) is 0 Å². The average Bonchev–Trinajstić information content (AvgIpc) is 2.95. The maximum absolute atomic E-state index is 11.7. The summed E-state index contributed by atoms with van der Waals surface area (Å²) in [4.78, 5) is 11.7. The predicted molar refractivity (Wildman–Crippen MR) is 74.8 cm³/mol. The quantitative estimate of drug-likeness (QED) is 0.581. The molecule has 0 atom stereocenters. The van der Waals surface area contributed by atoms with Gasteiger partial charge >= 0.3 is 5.97 Å². The highest BCUT2D eigenvalue weighted by Crippen LogP contribution is 2.11. The number of carbonyl (C=O) groups excluding carboxylic acids is 1. The van der Waals surface area contributed by atoms with Crippen molar-refractivity contribution < 1.29 is 14.3 Å². The van der Waals surface area contributed by atoms with Crippen molar-refractivity contribution in [2.24, 2.45) is 0 Å². The first-order valence-corrected chi connectivity index (χ1v) is 6.61. The van der Waals surface area contributed by atoms with Gasteiger partial charge in [-0.2, -0.15) is 5.10 Å². The summed E-state index contributed by atoms with van der Waals surface area (Å²) in [5.41, 5.74) is 0.439. The third-order valence-electron chi connectivity index (χ3n) is 2.55. The molecule has 2 aromatic rings. The lowest BCUT2D eigenvalue weighted by atomic mass is 10.2. The van der Waals surface area contributed by atoms with Gasteiger partial charge in [0.25, 0.3) is 0 Å². The van der Waals surface area contributed by atoms with Gasteiger partial charge in [-0.25, -0.2) is 4.79 Å². The molecule has 2 rings (SSSR count). The summed E-state index contributed by atoms with van der Waals surface area (Å²) in [6.45, 7) is 1.77. The second-order valence-electron chi connectivity index (χ2n) is 4.03. The van der Waals surface area contributed by atoms with Gasteiger partial charge in [0.1, 0.15) is 6.61 Å². The molecule has 0 N–H and O–H groups in total. The van der Waals surface area contributed by atoms with Crippen molar-refractivity contribution in [1.29, 1.82) is 0 Å². The molecular weight excluding hydrogens is 280 g/mol. The van der Waals surface area contributed by atoms with Crippen LogP contribution >= 0.6 is 11.6 Å². The standard InChI is InChI=1S/C14H15ClN2O3/c15-13-4-1-3-12(11-13)14(18)20-10-9-19-8-7-17-6-2-5-16-17/h1-6,11H,7-10H2. The molecule has 0 amide bonds. The molecule has 0 radical (unpaired) electrons. The van der Waals surface area contributed by atoms with E-state index in [1.54, 1.807) is 35.1 Å². The van der Waals surface area contributed by atoms with Gasteiger partial charge < -0.3 is 9.47 Å². The zero-order valence-corrected chi connectivity index (χ0v) is 11.6. The lowest BCUT2D eigenvalue weighted by molar-refractivity contribution is 0.0303. The van der Waals surface area contributed by atoms with Crippen LogP contribution in [0.4, 0.5) is 0 Å². The van der Waals surface area contributed by atoms with Gasteiger partial charge in [-0.3, -0.25) is 4.68 Å². The number of hydrogen-bond acceptors (Lipinski definition) is 4. The molecular formula is C14H15ClN2O3. The van der Waals surface area contributed by atoms with E-state index >= 15 is 0 Å². The fourth-order valence-corrected chi connectivity index (χ4v) is 1.78. The molecule has 1 aromatic carbocycles. The zero-order chi connectivity index (χ0) is 14.2. The van der Waals surface area contributed by atoms with E-state index in [-0.39, 0.29) is 6.61 Å². The van der Waals surface area contributed by atoms with Crippen LogP contribution in [-0.4, -0.2) is 35.6 Å². The molecule has 1 heterocycles. The van der Waals surface area contributed by atoms with Crippen LogP contribution in [0.2, 0.25) is 5.02 Å². The maximum atomic E-state index is 11.7. The topological polar surface area (TPSA) is 53.4 Å². The van der Waals surface area contributed by atoms with E-state index in [4.69, 9.17) is 21.1 Å². The second-order valence-corrected chi connectivity index (χ2v) is 4.46. The highest BCUT2D eigenvalue weighted by atomic mass is 35.5. The third kappa shape index (κ3) is 4.68. The van der Waals surface area contributed by atoms with Gasteiger partial charge in [-0.15, -0.1) is 0 Å². The number of esters is 1. The Morgan fingerprint density at radius 1 is 1.25 bits per heavy atom. The number of ether oxygens (including phenoxy) is 2. The number of halogens is 1. The maximum Gasteiger partial charge on any atom is 0.338 e. The van der Waals surface area contributed by atoms with Crippen LogP contribution in [0.1, 0.15) is 10.4 Å². The summed E-state index contributed by atoms with van der Waals surface area (Å²) in [6.07, 6.45) is 3.58. The van der Waals surface area contributed by atoms with Gasteiger partial charge in [0.15, 0.2) is 0 Å². The fraction of sp³-hybridized carbons (Fsp3) is 0.286. The zero-order valence-electron chi connectivity index (χ0n) is 10.9. The molecule has 0 aliphatic rings. The number of carbonyl (C=O) groups is 1. The van der Waals surface area contributed by atoms with Gasteiger partial charge in [0.05, 0.1) is 25.3 Å². The Morgan fingerprint density at radius 3 is 2.90 bits per heavy atom. The van der Waals surface area contributed by atoms with E-state index in [9.17, 15) is 4.79 Å². The highest BCUT2D eigenvalue weighted by molar-refractivity contribution is 6.30. The smallest absolute Gasteiger partial charge is 0.338 e. The van der Waals surface area contributed by atoms with Crippen LogP contribution in [0.5, 0.6) is 0 Å². The second kappa shape index (κ2) is 7.67. The first kappa shape index (κ1) is 14.6. The van der Waals surface area contributed by atoms with Crippen molar-refractivity contribution in [3.05, 3.63) is 53.3 Å². The van der Waals surface area contributed by atoms with Crippen LogP contribution in [0.15, 0.2) is 42.7 Å². The van der Waals surface area contributed by atoms with E-state index in [1.165, 1.54) is 0 Å². The molecule has 0 spiro atoms. The molecule has 6 heteroatoms. The molecule has 1 aromatic heterocycles. The Bertz CT molecular complexity index is 543. The minimum Gasteiger partial charge on any atom is -0.460 e. The lowest BCUT2D eigenvalue weighted by Gasteiger charge is -2.06. The van der Waals surface area contributed by atoms with Crippen LogP contribution in [-0.2, 0) is 16.0 Å². The Labute approximate surface area is 122 Å². The molecule has 106 valence electrons. The van der Waals surface area contributed by atoms with Crippen LogP contribution < -0.4 is 0 Å². The van der Waals surface area contributed by atoms with Crippen molar-refractivity contribution in [3.8, 4) is 0 Å². The van der Waals surface area contributed by atoms with E-state index in [0.29, 0.717) is 30.3 Å². The molecule has 20 heavy (non-hydrogen) atoms. The van der Waals surface area contributed by atoms with Crippen LogP contribution in [0.25, 0.3) is 0 Å². The molecule has 0 aliphatic carbocycles. The molecule has 0 saturated heterocycles. The van der Waals surface area contributed by atoms with Crippen LogP contribution in [0, 0.1) is 0 Å². The molecule has 0 bridgehead atoms. The van der Waals surface area contributed by atoms with Crippen molar-refractivity contribution in [2.45, 2.75) is 6.54 Å². The summed E-state index contributed by atoms with van der Waals surface area (Å²) >= 11 is 5.80. The summed E-state index contributed by atoms with van der Waals surface area (Å²) in [5, 5.41) is 4.56. The monoisotopic (exact) mass is 294 g/mol. The van der Waals surface area contributed by atoms with Gasteiger partial charge in [-0.1, -0.05) is 17.7 Å². The summed E-state index contributed by atoms with van der Waals surface area (Å²) in [5.74, 6) is -0.400. The Morgan fingerprint density at radius 2 is 2.15 bits per heavy atom. The average molecular weight is 295 g/mol. The van der Waals surface area contributed by atoms with E-state index in [1.807, 2.05) is 12.3 Å². The van der Waals surface area contributed by atoms with Crippen molar-refractivity contribution in [1.82, 2.24) is 9.78 Å². The minimum atomic E-state index is -0.400. The Kier molecular flexibility index (Phi) is 5.58. The third-order valence-corrected chi connectivity index (χ3v) is 2.78. The van der Waals surface area contributed by atoms with Crippen molar-refractivity contribution >= 4 is 17.6 Å². The first-order valence-electron chi connectivity index (χ1n) is 6.23. The Balaban J connectivity index is 1.60. The summed E-state index contributed by atoms with van der Waals surface area (Å²) in [6, 6.07) is 8.50. The summed E-state index contributed by atoms with van der Waals surface area (Å²) < 4.78 is 12.2. The number of rotatable bonds is 7. The molecule has 0 fully saturated rings. The molecule has 5 nitrogen and oxygen atoms in total. The molecule has 0 unspecified atom stereocenters. The molecule has 0 saturated carbocycles. The number of hydrogen-bond donors (Lipinski definition) is 0. The van der Waals surface area contributed by atoms with Crippen molar-refractivity contribution in [2.75, 3.05) is 19.8 Å². The molecule has 0 aliphatic heterocycles. The highest BCUT2D eigenvalue weighted by Gasteiger charge is 2.06. The van der Waals surface area contributed by atoms with Gasteiger partial charge in [0, 0.05) is 17.4 Å². The number of nitrogens with zero attached hydrogens (tertiary/aromatic N) is 2. The van der Waals surface area contributed by atoms with E-state index < -0.39 is 5.97 Å². The SMILES string of the molecule is O=C(OCCOCCn1cccn1)c1cccc(Cl)c1. The van der Waals surface area contributed by atoms with Crippen LogP contribution in [0.3, 0.4) is 0 Å². The van der Waals surface area contributed by atoms with E-state index in [2.05, 4.69) is 5.10 Å². The normalized spacial score (nSPS) is 10.4. The lowest BCUT2D eigenvalue weighted by Crippen LogP contribution is -2.13. The minimum absolute atomic E-state index is 0.213. The summed E-state index contributed by atoms with van der Waals surface area (Å²) in [7, 11) is 0. The number of aromatic nitrogens is 2. The van der Waals surface area contributed by atoms with Gasteiger partial charge in [0.2, 0.25) is 0 Å². The Hall–Kier alpha value is -1.85. The largest absolute Gasteiger partial charge is 0.460 e. The van der Waals surface area contributed by atoms with Gasteiger partial charge in [-0.05, 0) is 24.3 Å². The van der Waals surface area contributed by atoms with Crippen molar-refractivity contribution in [3.63, 3.8) is 0 Å². The first-order chi connectivity index (χ1) is 9.75.